The van der Waals surface area contributed by atoms with Gasteiger partial charge in [0.15, 0.2) is 0 Å². The third-order valence-corrected chi connectivity index (χ3v) is 4.99. The van der Waals surface area contributed by atoms with Crippen LogP contribution in [0.2, 0.25) is 0 Å². The van der Waals surface area contributed by atoms with E-state index in [0.717, 1.165) is 47.9 Å². The number of thiazole rings is 1. The van der Waals surface area contributed by atoms with Crippen molar-refractivity contribution < 1.29 is 4.79 Å². The van der Waals surface area contributed by atoms with E-state index in [4.69, 9.17) is 0 Å². The highest BCUT2D eigenvalue weighted by molar-refractivity contribution is 7.19. The van der Waals surface area contributed by atoms with Gasteiger partial charge in [-0.3, -0.25) is 9.69 Å². The first-order chi connectivity index (χ1) is 11.1. The average Bonchev–Trinajstić information content (AvgIpc) is 2.95. The summed E-state index contributed by atoms with van der Waals surface area (Å²) in [6.07, 6.45) is 3.50. The molecule has 5 heteroatoms. The minimum Gasteiger partial charge on any atom is -0.337 e. The van der Waals surface area contributed by atoms with Crippen LogP contribution >= 0.6 is 11.3 Å². The Labute approximate surface area is 141 Å². The zero-order chi connectivity index (χ0) is 16.2. The summed E-state index contributed by atoms with van der Waals surface area (Å²) >= 11 is 1.62. The molecule has 0 spiro atoms. The van der Waals surface area contributed by atoms with Crippen molar-refractivity contribution in [1.82, 2.24) is 14.8 Å². The Morgan fingerprint density at radius 2 is 2.00 bits per heavy atom. The van der Waals surface area contributed by atoms with Gasteiger partial charge in [-0.25, -0.2) is 4.98 Å². The zero-order valence-electron chi connectivity index (χ0n) is 13.7. The number of hydrogen-bond donors (Lipinski definition) is 0. The molecule has 1 aromatic heterocycles. The number of hydrogen-bond acceptors (Lipinski definition) is 4. The SMILES string of the molecule is CC(C)CN1CCN(C(=O)/C=C/c2nc3ccccc3s2)CC1. The number of para-hydroxylation sites is 1. The van der Waals surface area contributed by atoms with Crippen LogP contribution in [-0.2, 0) is 4.79 Å². The van der Waals surface area contributed by atoms with Gasteiger partial charge in [0.2, 0.25) is 5.91 Å². The molecule has 0 atom stereocenters. The Morgan fingerprint density at radius 3 is 2.70 bits per heavy atom. The van der Waals surface area contributed by atoms with Crippen molar-refractivity contribution in [2.75, 3.05) is 32.7 Å². The topological polar surface area (TPSA) is 36.4 Å². The minimum atomic E-state index is 0.0912. The maximum Gasteiger partial charge on any atom is 0.246 e. The van der Waals surface area contributed by atoms with Gasteiger partial charge in [0.25, 0.3) is 0 Å². The first kappa shape index (κ1) is 16.1. The molecule has 0 aliphatic carbocycles. The van der Waals surface area contributed by atoms with Crippen molar-refractivity contribution in [3.63, 3.8) is 0 Å². The maximum absolute atomic E-state index is 12.3. The summed E-state index contributed by atoms with van der Waals surface area (Å²) in [7, 11) is 0. The van der Waals surface area contributed by atoms with Crippen LogP contribution in [0.5, 0.6) is 0 Å². The van der Waals surface area contributed by atoms with Gasteiger partial charge >= 0.3 is 0 Å². The van der Waals surface area contributed by atoms with Gasteiger partial charge in [0.1, 0.15) is 5.01 Å². The number of carbonyl (C=O) groups is 1. The van der Waals surface area contributed by atoms with Crippen molar-refractivity contribution in [2.24, 2.45) is 5.92 Å². The van der Waals surface area contributed by atoms with E-state index in [9.17, 15) is 4.79 Å². The van der Waals surface area contributed by atoms with E-state index >= 15 is 0 Å². The van der Waals surface area contributed by atoms with Crippen LogP contribution in [0.1, 0.15) is 18.9 Å². The van der Waals surface area contributed by atoms with Gasteiger partial charge in [-0.15, -0.1) is 11.3 Å². The summed E-state index contributed by atoms with van der Waals surface area (Å²) in [5.74, 6) is 0.768. The molecule has 1 saturated heterocycles. The molecule has 3 rings (SSSR count). The van der Waals surface area contributed by atoms with Crippen molar-refractivity contribution >= 4 is 33.5 Å². The molecule has 1 amide bonds. The molecule has 23 heavy (non-hydrogen) atoms. The number of amides is 1. The van der Waals surface area contributed by atoms with Gasteiger partial charge < -0.3 is 4.90 Å². The Morgan fingerprint density at radius 1 is 1.26 bits per heavy atom. The smallest absolute Gasteiger partial charge is 0.246 e. The average molecular weight is 329 g/mol. The van der Waals surface area contributed by atoms with Crippen LogP contribution in [0, 0.1) is 5.92 Å². The first-order valence-electron chi connectivity index (χ1n) is 8.17. The van der Waals surface area contributed by atoms with Gasteiger partial charge in [-0.05, 0) is 24.1 Å². The minimum absolute atomic E-state index is 0.0912. The molecular weight excluding hydrogens is 306 g/mol. The van der Waals surface area contributed by atoms with Crippen LogP contribution in [0.15, 0.2) is 30.3 Å². The van der Waals surface area contributed by atoms with Gasteiger partial charge in [-0.2, -0.15) is 0 Å². The van der Waals surface area contributed by atoms with Crippen molar-refractivity contribution in [2.45, 2.75) is 13.8 Å². The third kappa shape index (κ3) is 4.18. The molecule has 0 radical (unpaired) electrons. The Bertz CT molecular complexity index is 666. The molecule has 0 N–H and O–H groups in total. The van der Waals surface area contributed by atoms with E-state index in [1.165, 1.54) is 0 Å². The fourth-order valence-electron chi connectivity index (χ4n) is 2.88. The highest BCUT2D eigenvalue weighted by atomic mass is 32.1. The molecule has 1 aromatic carbocycles. The number of piperazine rings is 1. The van der Waals surface area contributed by atoms with Crippen molar-refractivity contribution in [1.29, 1.82) is 0 Å². The number of aromatic nitrogens is 1. The standard InChI is InChI=1S/C18H23N3OS/c1-14(2)13-20-9-11-21(12-10-20)18(22)8-7-17-19-15-5-3-4-6-16(15)23-17/h3-8,14H,9-13H2,1-2H3/b8-7+. The Kier molecular flexibility index (Phi) is 5.08. The largest absolute Gasteiger partial charge is 0.337 e. The maximum atomic E-state index is 12.3. The quantitative estimate of drug-likeness (QED) is 0.809. The van der Waals surface area contributed by atoms with Gasteiger partial charge in [0.05, 0.1) is 10.2 Å². The lowest BCUT2D eigenvalue weighted by molar-refractivity contribution is -0.127. The molecular formula is C18H23N3OS. The van der Waals surface area contributed by atoms with Crippen molar-refractivity contribution in [3.8, 4) is 0 Å². The second-order valence-electron chi connectivity index (χ2n) is 6.37. The Balaban J connectivity index is 1.57. The van der Waals surface area contributed by atoms with Gasteiger partial charge in [0, 0.05) is 38.8 Å². The lowest BCUT2D eigenvalue weighted by Gasteiger charge is -2.35. The third-order valence-electron chi connectivity index (χ3n) is 3.99. The molecule has 2 aromatic rings. The molecule has 4 nitrogen and oxygen atoms in total. The molecule has 122 valence electrons. The summed E-state index contributed by atoms with van der Waals surface area (Å²) in [4.78, 5) is 21.2. The molecule has 1 fully saturated rings. The monoisotopic (exact) mass is 329 g/mol. The number of nitrogens with zero attached hydrogens (tertiary/aromatic N) is 3. The van der Waals surface area contributed by atoms with E-state index in [1.54, 1.807) is 17.4 Å². The summed E-state index contributed by atoms with van der Waals surface area (Å²) in [6.45, 7) is 9.16. The highest BCUT2D eigenvalue weighted by Gasteiger charge is 2.19. The van der Waals surface area contributed by atoms with Crippen LogP contribution < -0.4 is 0 Å². The lowest BCUT2D eigenvalue weighted by atomic mass is 10.2. The second-order valence-corrected chi connectivity index (χ2v) is 7.44. The summed E-state index contributed by atoms with van der Waals surface area (Å²) < 4.78 is 1.15. The molecule has 0 saturated carbocycles. The molecule has 0 bridgehead atoms. The molecule has 2 heterocycles. The zero-order valence-corrected chi connectivity index (χ0v) is 14.6. The normalized spacial score (nSPS) is 16.7. The van der Waals surface area contributed by atoms with Crippen molar-refractivity contribution in [3.05, 3.63) is 35.3 Å². The Hall–Kier alpha value is -1.72. The van der Waals surface area contributed by atoms with Crippen LogP contribution in [0.25, 0.3) is 16.3 Å². The predicted molar refractivity (Wildman–Crippen MR) is 96.5 cm³/mol. The lowest BCUT2D eigenvalue weighted by Crippen LogP contribution is -2.49. The first-order valence-corrected chi connectivity index (χ1v) is 8.98. The van der Waals surface area contributed by atoms with E-state index in [1.807, 2.05) is 29.2 Å². The second kappa shape index (κ2) is 7.23. The van der Waals surface area contributed by atoms with E-state index < -0.39 is 0 Å². The molecule has 1 aliphatic heterocycles. The van der Waals surface area contributed by atoms with E-state index in [2.05, 4.69) is 29.8 Å². The summed E-state index contributed by atoms with van der Waals surface area (Å²) in [6, 6.07) is 8.05. The summed E-state index contributed by atoms with van der Waals surface area (Å²) in [5.41, 5.74) is 0.992. The van der Waals surface area contributed by atoms with E-state index in [0.29, 0.717) is 5.92 Å². The van der Waals surface area contributed by atoms with Crippen LogP contribution in [-0.4, -0.2) is 53.4 Å². The number of rotatable bonds is 4. The van der Waals surface area contributed by atoms with Gasteiger partial charge in [-0.1, -0.05) is 26.0 Å². The summed E-state index contributed by atoms with van der Waals surface area (Å²) in [5, 5.41) is 0.887. The number of fused-ring (bicyclic) bond motifs is 1. The molecule has 1 aliphatic rings. The molecule has 0 unspecified atom stereocenters. The van der Waals surface area contributed by atoms with Crippen LogP contribution in [0.4, 0.5) is 0 Å². The predicted octanol–water partition coefficient (Wildman–Crippen LogP) is 3.11. The fraction of sp³-hybridized carbons (Fsp3) is 0.444. The fourth-order valence-corrected chi connectivity index (χ4v) is 3.75. The highest BCUT2D eigenvalue weighted by Crippen LogP contribution is 2.22. The number of carbonyl (C=O) groups excluding carboxylic acids is 1. The number of benzene rings is 1. The van der Waals surface area contributed by atoms with E-state index in [-0.39, 0.29) is 5.91 Å². The van der Waals surface area contributed by atoms with Crippen LogP contribution in [0.3, 0.4) is 0 Å².